The Morgan fingerprint density at radius 1 is 1.56 bits per heavy atom. The Morgan fingerprint density at radius 2 is 2.39 bits per heavy atom. The van der Waals surface area contributed by atoms with Gasteiger partial charge >= 0.3 is 6.03 Å². The van der Waals surface area contributed by atoms with Gasteiger partial charge in [-0.3, -0.25) is 0 Å². The third kappa shape index (κ3) is 1.92. The number of fused-ring (bicyclic) bond motifs is 1. The molecule has 18 heavy (non-hydrogen) atoms. The first-order valence-electron chi connectivity index (χ1n) is 6.42. The molecule has 1 fully saturated rings. The standard InChI is InChI=1S/C14H18N2O2/c1-16(14(15)17)8-9-7-12(9)10-3-2-4-13-11(10)5-6-18-13/h2-4,9,12H,5-8H2,1H3,(H2,15,17). The Hall–Kier alpha value is -1.71. The van der Waals surface area contributed by atoms with E-state index in [4.69, 9.17) is 10.5 Å². The van der Waals surface area contributed by atoms with E-state index < -0.39 is 0 Å². The topological polar surface area (TPSA) is 55.6 Å². The van der Waals surface area contributed by atoms with Crippen molar-refractivity contribution in [3.63, 3.8) is 0 Å². The zero-order valence-corrected chi connectivity index (χ0v) is 10.6. The molecule has 1 saturated carbocycles. The van der Waals surface area contributed by atoms with Gasteiger partial charge in [0, 0.05) is 25.6 Å². The molecular weight excluding hydrogens is 228 g/mol. The number of hydrogen-bond donors (Lipinski definition) is 1. The van der Waals surface area contributed by atoms with E-state index in [1.165, 1.54) is 11.1 Å². The number of hydrogen-bond acceptors (Lipinski definition) is 2. The number of rotatable bonds is 3. The van der Waals surface area contributed by atoms with Crippen LogP contribution in [0.3, 0.4) is 0 Å². The van der Waals surface area contributed by atoms with Crippen molar-refractivity contribution in [3.8, 4) is 5.75 Å². The highest BCUT2D eigenvalue weighted by molar-refractivity contribution is 5.71. The maximum atomic E-state index is 11.0. The lowest BCUT2D eigenvalue weighted by Crippen LogP contribution is -2.33. The van der Waals surface area contributed by atoms with Crippen molar-refractivity contribution in [1.82, 2.24) is 4.90 Å². The van der Waals surface area contributed by atoms with E-state index in [-0.39, 0.29) is 6.03 Å². The summed E-state index contributed by atoms with van der Waals surface area (Å²) in [6, 6.07) is 5.95. The number of ether oxygens (including phenoxy) is 1. The molecule has 1 aliphatic carbocycles. The number of carbonyl (C=O) groups is 1. The summed E-state index contributed by atoms with van der Waals surface area (Å²) in [6.45, 7) is 1.55. The predicted octanol–water partition coefficient (Wildman–Crippen LogP) is 1.74. The van der Waals surface area contributed by atoms with Crippen molar-refractivity contribution in [1.29, 1.82) is 0 Å². The molecule has 2 atom stereocenters. The maximum absolute atomic E-state index is 11.0. The van der Waals surface area contributed by atoms with E-state index in [0.717, 1.165) is 31.7 Å². The monoisotopic (exact) mass is 246 g/mol. The van der Waals surface area contributed by atoms with Gasteiger partial charge < -0.3 is 15.4 Å². The second-order valence-corrected chi connectivity index (χ2v) is 5.24. The predicted molar refractivity (Wildman–Crippen MR) is 68.7 cm³/mol. The molecule has 1 aromatic carbocycles. The molecule has 1 heterocycles. The summed E-state index contributed by atoms with van der Waals surface area (Å²) in [5.41, 5.74) is 8.03. The van der Waals surface area contributed by atoms with Gasteiger partial charge in [0.05, 0.1) is 6.61 Å². The average Bonchev–Trinajstić information content (AvgIpc) is 2.93. The summed E-state index contributed by atoms with van der Waals surface area (Å²) in [4.78, 5) is 12.6. The average molecular weight is 246 g/mol. The van der Waals surface area contributed by atoms with Gasteiger partial charge in [-0.05, 0) is 29.9 Å². The number of urea groups is 1. The van der Waals surface area contributed by atoms with E-state index >= 15 is 0 Å². The molecule has 96 valence electrons. The number of benzene rings is 1. The largest absolute Gasteiger partial charge is 0.493 e. The fraction of sp³-hybridized carbons (Fsp3) is 0.500. The van der Waals surface area contributed by atoms with Crippen molar-refractivity contribution in [2.24, 2.45) is 11.7 Å². The zero-order chi connectivity index (χ0) is 12.7. The van der Waals surface area contributed by atoms with Crippen LogP contribution in [0, 0.1) is 5.92 Å². The van der Waals surface area contributed by atoms with Gasteiger partial charge in [-0.15, -0.1) is 0 Å². The van der Waals surface area contributed by atoms with Gasteiger partial charge in [-0.2, -0.15) is 0 Å². The molecule has 2 amide bonds. The lowest BCUT2D eigenvalue weighted by atomic mass is 10.00. The molecule has 0 radical (unpaired) electrons. The van der Waals surface area contributed by atoms with Gasteiger partial charge in [-0.1, -0.05) is 12.1 Å². The molecule has 1 aromatic rings. The van der Waals surface area contributed by atoms with E-state index in [9.17, 15) is 4.79 Å². The quantitative estimate of drug-likeness (QED) is 0.883. The molecule has 2 unspecified atom stereocenters. The van der Waals surface area contributed by atoms with Crippen LogP contribution in [-0.2, 0) is 6.42 Å². The lowest BCUT2D eigenvalue weighted by Gasteiger charge is -2.14. The van der Waals surface area contributed by atoms with Crippen LogP contribution in [0.25, 0.3) is 0 Å². The molecular formula is C14H18N2O2. The highest BCUT2D eigenvalue weighted by Gasteiger charge is 2.41. The van der Waals surface area contributed by atoms with Crippen LogP contribution >= 0.6 is 0 Å². The fourth-order valence-corrected chi connectivity index (χ4v) is 2.87. The summed E-state index contributed by atoms with van der Waals surface area (Å²) in [6.07, 6.45) is 2.16. The summed E-state index contributed by atoms with van der Waals surface area (Å²) in [5.74, 6) is 2.17. The molecule has 4 nitrogen and oxygen atoms in total. The zero-order valence-electron chi connectivity index (χ0n) is 10.6. The minimum absolute atomic E-state index is 0.345. The number of nitrogens with two attached hydrogens (primary N) is 1. The molecule has 0 spiro atoms. The van der Waals surface area contributed by atoms with Gasteiger partial charge in [0.2, 0.25) is 0 Å². The van der Waals surface area contributed by atoms with E-state index in [1.807, 2.05) is 6.07 Å². The van der Waals surface area contributed by atoms with Crippen LogP contribution in [0.15, 0.2) is 18.2 Å². The molecule has 0 saturated heterocycles. The Balaban J connectivity index is 1.72. The fourth-order valence-electron chi connectivity index (χ4n) is 2.87. The van der Waals surface area contributed by atoms with Crippen LogP contribution in [0.4, 0.5) is 4.79 Å². The van der Waals surface area contributed by atoms with Gasteiger partial charge in [0.15, 0.2) is 0 Å². The summed E-state index contributed by atoms with van der Waals surface area (Å²) in [5, 5.41) is 0. The first kappa shape index (κ1) is 11.4. The summed E-state index contributed by atoms with van der Waals surface area (Å²) < 4.78 is 5.59. The Kier molecular flexibility index (Phi) is 2.65. The third-order valence-corrected chi connectivity index (χ3v) is 3.99. The smallest absolute Gasteiger partial charge is 0.314 e. The SMILES string of the molecule is CN(CC1CC1c1cccc2c1CCO2)C(N)=O. The first-order valence-corrected chi connectivity index (χ1v) is 6.42. The molecule has 2 aliphatic rings. The number of amides is 2. The van der Waals surface area contributed by atoms with Crippen molar-refractivity contribution in [2.75, 3.05) is 20.2 Å². The van der Waals surface area contributed by atoms with Crippen LogP contribution in [0.2, 0.25) is 0 Å². The second kappa shape index (κ2) is 4.19. The van der Waals surface area contributed by atoms with Crippen molar-refractivity contribution in [2.45, 2.75) is 18.8 Å². The van der Waals surface area contributed by atoms with Gasteiger partial charge in [-0.25, -0.2) is 4.79 Å². The van der Waals surface area contributed by atoms with Crippen molar-refractivity contribution < 1.29 is 9.53 Å². The molecule has 0 aromatic heterocycles. The van der Waals surface area contributed by atoms with E-state index in [1.54, 1.807) is 11.9 Å². The van der Waals surface area contributed by atoms with Crippen LogP contribution in [0.1, 0.15) is 23.5 Å². The Morgan fingerprint density at radius 3 is 3.17 bits per heavy atom. The van der Waals surface area contributed by atoms with Gasteiger partial charge in [0.25, 0.3) is 0 Å². The van der Waals surface area contributed by atoms with Crippen LogP contribution < -0.4 is 10.5 Å². The van der Waals surface area contributed by atoms with E-state index in [2.05, 4.69) is 12.1 Å². The summed E-state index contributed by atoms with van der Waals surface area (Å²) in [7, 11) is 1.76. The maximum Gasteiger partial charge on any atom is 0.314 e. The number of nitrogens with zero attached hydrogens (tertiary/aromatic N) is 1. The second-order valence-electron chi connectivity index (χ2n) is 5.24. The summed E-state index contributed by atoms with van der Waals surface area (Å²) >= 11 is 0. The van der Waals surface area contributed by atoms with Gasteiger partial charge in [0.1, 0.15) is 5.75 Å². The van der Waals surface area contributed by atoms with Crippen LogP contribution in [-0.4, -0.2) is 31.1 Å². The highest BCUT2D eigenvalue weighted by Crippen LogP contribution is 2.50. The molecule has 2 N–H and O–H groups in total. The normalized spacial score (nSPS) is 24.3. The van der Waals surface area contributed by atoms with Crippen molar-refractivity contribution in [3.05, 3.63) is 29.3 Å². The highest BCUT2D eigenvalue weighted by atomic mass is 16.5. The lowest BCUT2D eigenvalue weighted by molar-refractivity contribution is 0.216. The Labute approximate surface area is 107 Å². The third-order valence-electron chi connectivity index (χ3n) is 3.99. The van der Waals surface area contributed by atoms with Crippen LogP contribution in [0.5, 0.6) is 5.75 Å². The molecule has 4 heteroatoms. The number of carbonyl (C=O) groups excluding carboxylic acids is 1. The first-order chi connectivity index (χ1) is 8.66. The molecule has 0 bridgehead atoms. The molecule has 3 rings (SSSR count). The molecule has 1 aliphatic heterocycles. The minimum Gasteiger partial charge on any atom is -0.493 e. The van der Waals surface area contributed by atoms with E-state index in [0.29, 0.717) is 11.8 Å². The Bertz CT molecular complexity index is 487. The van der Waals surface area contributed by atoms with Crippen molar-refractivity contribution >= 4 is 6.03 Å². The minimum atomic E-state index is -0.345. The number of primary amides is 1.